The number of imidazole rings is 1. The fourth-order valence-electron chi connectivity index (χ4n) is 1.83. The summed E-state index contributed by atoms with van der Waals surface area (Å²) in [6, 6.07) is 0. The van der Waals surface area contributed by atoms with Crippen LogP contribution in [0.25, 0.3) is 5.95 Å². The fourth-order valence-corrected chi connectivity index (χ4v) is 1.92. The molecule has 23 heavy (non-hydrogen) atoms. The molecule has 0 bridgehead atoms. The maximum absolute atomic E-state index is 13.1. The Morgan fingerprint density at radius 2 is 1.78 bits per heavy atom. The van der Waals surface area contributed by atoms with E-state index in [1.165, 1.54) is 12.4 Å². The predicted molar refractivity (Wildman–Crippen MR) is 70.5 cm³/mol. The van der Waals surface area contributed by atoms with Gasteiger partial charge in [-0.15, -0.1) is 0 Å². The summed E-state index contributed by atoms with van der Waals surface area (Å²) in [4.78, 5) is 11.3. The number of hydrogen-bond donors (Lipinski definition) is 0. The molecule has 0 amide bonds. The number of halogens is 5. The maximum atomic E-state index is 13.1. The molecule has 0 aliphatic carbocycles. The summed E-state index contributed by atoms with van der Waals surface area (Å²) >= 11 is 5.66. The first kappa shape index (κ1) is 15.4. The molecule has 120 valence electrons. The quantitative estimate of drug-likeness (QED) is 0.684. The van der Waals surface area contributed by atoms with Gasteiger partial charge in [-0.3, -0.25) is 0 Å². The number of hydrogen-bond acceptors (Lipinski definition) is 4. The first-order valence-electron chi connectivity index (χ1n) is 6.14. The molecule has 0 unspecified atom stereocenters. The smallest absolute Gasteiger partial charge is 0.307 e. The number of aromatic nitrogens is 6. The van der Waals surface area contributed by atoms with E-state index in [0.717, 1.165) is 27.8 Å². The molecule has 0 aliphatic rings. The molecular weight excluding hydrogens is 340 g/mol. The van der Waals surface area contributed by atoms with Crippen molar-refractivity contribution in [1.82, 2.24) is 29.3 Å². The van der Waals surface area contributed by atoms with Gasteiger partial charge in [-0.2, -0.15) is 18.3 Å². The summed E-state index contributed by atoms with van der Waals surface area (Å²) in [5.74, 6) is -0.690. The summed E-state index contributed by atoms with van der Waals surface area (Å²) in [6.07, 6.45) is 0.559. The number of nitrogens with zero attached hydrogens (tertiary/aromatic N) is 6. The number of rotatable bonds is 3. The van der Waals surface area contributed by atoms with Crippen LogP contribution in [0.15, 0.2) is 31.0 Å². The fraction of sp³-hybridized carbons (Fsp3) is 0.167. The highest BCUT2D eigenvalue weighted by atomic mass is 35.5. The highest BCUT2D eigenvalue weighted by Gasteiger charge is 2.35. The van der Waals surface area contributed by atoms with E-state index in [4.69, 9.17) is 11.6 Å². The largest absolute Gasteiger partial charge is 0.434 e. The van der Waals surface area contributed by atoms with Crippen LogP contribution in [-0.4, -0.2) is 29.3 Å². The van der Waals surface area contributed by atoms with E-state index in [1.54, 1.807) is 0 Å². The van der Waals surface area contributed by atoms with Gasteiger partial charge >= 0.3 is 6.18 Å². The van der Waals surface area contributed by atoms with Gasteiger partial charge < -0.3 is 4.57 Å². The molecule has 3 heterocycles. The summed E-state index contributed by atoms with van der Waals surface area (Å²) in [6.45, 7) is -0.114. The van der Waals surface area contributed by atoms with Crippen molar-refractivity contribution < 1.29 is 17.6 Å². The van der Waals surface area contributed by atoms with Gasteiger partial charge in [0.1, 0.15) is 5.82 Å². The third-order valence-corrected chi connectivity index (χ3v) is 2.98. The van der Waals surface area contributed by atoms with Crippen LogP contribution >= 0.6 is 11.6 Å². The predicted octanol–water partition coefficient (Wildman–Crippen LogP) is 2.72. The van der Waals surface area contributed by atoms with Gasteiger partial charge in [0.05, 0.1) is 24.0 Å². The minimum Gasteiger partial charge on any atom is -0.307 e. The first-order valence-corrected chi connectivity index (χ1v) is 6.52. The zero-order chi connectivity index (χ0) is 16.6. The molecule has 0 aliphatic heterocycles. The van der Waals surface area contributed by atoms with Gasteiger partial charge in [0, 0.05) is 18.6 Å². The van der Waals surface area contributed by atoms with Gasteiger partial charge in [0.2, 0.25) is 5.95 Å². The molecule has 3 rings (SSSR count). The van der Waals surface area contributed by atoms with Crippen LogP contribution in [0.1, 0.15) is 11.5 Å². The van der Waals surface area contributed by atoms with Gasteiger partial charge in [-0.25, -0.2) is 24.0 Å². The minimum atomic E-state index is -4.65. The van der Waals surface area contributed by atoms with Crippen molar-refractivity contribution in [3.63, 3.8) is 0 Å². The van der Waals surface area contributed by atoms with Crippen LogP contribution in [-0.2, 0) is 12.7 Å². The third kappa shape index (κ3) is 3.31. The van der Waals surface area contributed by atoms with Crippen LogP contribution in [0.3, 0.4) is 0 Å². The van der Waals surface area contributed by atoms with Crippen LogP contribution in [0.4, 0.5) is 17.6 Å². The Morgan fingerprint density at radius 3 is 2.35 bits per heavy atom. The molecule has 11 heteroatoms. The average Bonchev–Trinajstić information content (AvgIpc) is 3.07. The van der Waals surface area contributed by atoms with E-state index < -0.39 is 17.7 Å². The van der Waals surface area contributed by atoms with Crippen molar-refractivity contribution in [2.45, 2.75) is 12.7 Å². The molecule has 6 nitrogen and oxygen atoms in total. The average molecular weight is 347 g/mol. The van der Waals surface area contributed by atoms with E-state index in [-0.39, 0.29) is 18.3 Å². The third-order valence-electron chi connectivity index (χ3n) is 2.79. The second-order valence-electron chi connectivity index (χ2n) is 4.47. The van der Waals surface area contributed by atoms with Gasteiger partial charge in [0.15, 0.2) is 11.5 Å². The Kier molecular flexibility index (Phi) is 3.76. The summed E-state index contributed by atoms with van der Waals surface area (Å²) in [5, 5.41) is 3.92. The zero-order valence-corrected chi connectivity index (χ0v) is 11.9. The molecule has 3 aromatic rings. The van der Waals surface area contributed by atoms with E-state index in [0.29, 0.717) is 5.02 Å². The molecule has 0 saturated carbocycles. The van der Waals surface area contributed by atoms with Crippen LogP contribution in [0.5, 0.6) is 0 Å². The SMILES string of the molecule is Fc1cnn(-c2nc(C(F)(F)F)cn2Cc2ncc(Cl)cn2)c1. The highest BCUT2D eigenvalue weighted by Crippen LogP contribution is 2.29. The lowest BCUT2D eigenvalue weighted by Gasteiger charge is -2.06. The van der Waals surface area contributed by atoms with E-state index in [9.17, 15) is 17.6 Å². The van der Waals surface area contributed by atoms with Crippen LogP contribution in [0.2, 0.25) is 5.02 Å². The minimum absolute atomic E-state index is 0.114. The van der Waals surface area contributed by atoms with Crippen molar-refractivity contribution in [2.75, 3.05) is 0 Å². The topological polar surface area (TPSA) is 61.4 Å². The Hall–Kier alpha value is -2.49. The molecule has 0 saturated heterocycles. The van der Waals surface area contributed by atoms with Gasteiger partial charge in [0.25, 0.3) is 0 Å². The molecule has 0 aromatic carbocycles. The lowest BCUT2D eigenvalue weighted by Crippen LogP contribution is -2.09. The lowest BCUT2D eigenvalue weighted by atomic mass is 10.4. The van der Waals surface area contributed by atoms with E-state index in [1.807, 2.05) is 0 Å². The summed E-state index contributed by atoms with van der Waals surface area (Å²) in [5.41, 5.74) is -1.13. The Balaban J connectivity index is 2.03. The highest BCUT2D eigenvalue weighted by molar-refractivity contribution is 6.30. The van der Waals surface area contributed by atoms with Crippen molar-refractivity contribution in [3.8, 4) is 5.95 Å². The van der Waals surface area contributed by atoms with Crippen LogP contribution in [0, 0.1) is 5.82 Å². The maximum Gasteiger partial charge on any atom is 0.434 e. The van der Waals surface area contributed by atoms with Crippen molar-refractivity contribution in [3.05, 3.63) is 53.3 Å². The molecule has 0 atom stereocenters. The van der Waals surface area contributed by atoms with Crippen molar-refractivity contribution in [1.29, 1.82) is 0 Å². The van der Waals surface area contributed by atoms with Gasteiger partial charge in [-0.05, 0) is 0 Å². The van der Waals surface area contributed by atoms with Crippen LogP contribution < -0.4 is 0 Å². The van der Waals surface area contributed by atoms with Gasteiger partial charge in [-0.1, -0.05) is 11.6 Å². The first-order chi connectivity index (χ1) is 10.8. The molecule has 0 radical (unpaired) electrons. The summed E-state index contributed by atoms with van der Waals surface area (Å²) < 4.78 is 53.7. The summed E-state index contributed by atoms with van der Waals surface area (Å²) in [7, 11) is 0. The molecule has 3 aromatic heterocycles. The number of alkyl halides is 3. The Morgan fingerprint density at radius 1 is 1.09 bits per heavy atom. The normalized spacial score (nSPS) is 11.9. The monoisotopic (exact) mass is 346 g/mol. The second-order valence-corrected chi connectivity index (χ2v) is 4.91. The van der Waals surface area contributed by atoms with E-state index in [2.05, 4.69) is 20.1 Å². The van der Waals surface area contributed by atoms with Crippen molar-refractivity contribution in [2.24, 2.45) is 0 Å². The Labute approximate surface area is 131 Å². The van der Waals surface area contributed by atoms with E-state index >= 15 is 0 Å². The zero-order valence-electron chi connectivity index (χ0n) is 11.2. The molecule has 0 fully saturated rings. The lowest BCUT2D eigenvalue weighted by molar-refractivity contribution is -0.140. The molecular formula is C12H7ClF4N6. The molecule has 0 N–H and O–H groups in total. The van der Waals surface area contributed by atoms with Crippen molar-refractivity contribution >= 4 is 11.6 Å². The Bertz CT molecular complexity index is 823. The molecule has 0 spiro atoms. The standard InChI is InChI=1S/C12H7ClF4N6/c13-7-1-18-10(19-2-7)6-22-5-9(12(15,16)17)21-11(22)23-4-8(14)3-20-23/h1-5H,6H2. The second kappa shape index (κ2) is 5.61.